The standard InChI is InChI=1S/C16H27NO4/c1-14(2,3)21-12(18)9-15-7-6-8-16(10-15,11-15)13(19)17(4)20-5/h6-11H2,1-5H3. The number of carbonyl (C=O) groups excluding carboxylic acids is 2. The number of hydrogen-bond acceptors (Lipinski definition) is 4. The number of amides is 1. The maximum atomic E-state index is 12.4. The van der Waals surface area contributed by atoms with Gasteiger partial charge in [-0.2, -0.15) is 0 Å². The fourth-order valence-corrected chi connectivity index (χ4v) is 4.11. The summed E-state index contributed by atoms with van der Waals surface area (Å²) in [4.78, 5) is 29.5. The average Bonchev–Trinajstić information content (AvgIpc) is 2.33. The Morgan fingerprint density at radius 3 is 2.33 bits per heavy atom. The highest BCUT2D eigenvalue weighted by molar-refractivity contribution is 5.84. The fourth-order valence-electron chi connectivity index (χ4n) is 4.11. The van der Waals surface area contributed by atoms with Gasteiger partial charge in [-0.25, -0.2) is 5.06 Å². The lowest BCUT2D eigenvalue weighted by Crippen LogP contribution is -2.58. The van der Waals surface area contributed by atoms with E-state index in [2.05, 4.69) is 0 Å². The molecule has 0 radical (unpaired) electrons. The molecule has 5 heteroatoms. The van der Waals surface area contributed by atoms with Gasteiger partial charge in [0.2, 0.25) is 0 Å². The van der Waals surface area contributed by atoms with E-state index in [9.17, 15) is 9.59 Å². The number of carbonyl (C=O) groups is 2. The van der Waals surface area contributed by atoms with Gasteiger partial charge >= 0.3 is 5.97 Å². The molecule has 0 aromatic heterocycles. The van der Waals surface area contributed by atoms with E-state index < -0.39 is 5.60 Å². The van der Waals surface area contributed by atoms with Gasteiger partial charge in [0, 0.05) is 7.05 Å². The molecule has 21 heavy (non-hydrogen) atoms. The second-order valence-electron chi connectivity index (χ2n) is 7.74. The van der Waals surface area contributed by atoms with E-state index in [1.165, 1.54) is 12.2 Å². The van der Waals surface area contributed by atoms with Crippen LogP contribution in [0.5, 0.6) is 0 Å². The predicted octanol–water partition coefficient (Wildman–Crippen LogP) is 2.69. The Bertz CT molecular complexity index is 432. The van der Waals surface area contributed by atoms with Gasteiger partial charge in [-0.05, 0) is 51.9 Å². The van der Waals surface area contributed by atoms with Crippen molar-refractivity contribution in [3.05, 3.63) is 0 Å². The molecule has 3 fully saturated rings. The zero-order valence-electron chi connectivity index (χ0n) is 13.8. The Labute approximate surface area is 126 Å². The monoisotopic (exact) mass is 297 g/mol. The second kappa shape index (κ2) is 5.27. The quantitative estimate of drug-likeness (QED) is 0.591. The zero-order chi connectivity index (χ0) is 15.9. The van der Waals surface area contributed by atoms with E-state index in [1.54, 1.807) is 7.05 Å². The van der Waals surface area contributed by atoms with Crippen molar-refractivity contribution in [1.29, 1.82) is 0 Å². The summed E-state index contributed by atoms with van der Waals surface area (Å²) in [6.07, 6.45) is 4.90. The maximum Gasteiger partial charge on any atom is 0.306 e. The van der Waals surface area contributed by atoms with Crippen LogP contribution in [0.25, 0.3) is 0 Å². The number of fused-ring (bicyclic) bond motifs is 2. The smallest absolute Gasteiger partial charge is 0.306 e. The highest BCUT2D eigenvalue weighted by Crippen LogP contribution is 2.65. The largest absolute Gasteiger partial charge is 0.460 e. The van der Waals surface area contributed by atoms with Gasteiger partial charge in [-0.3, -0.25) is 14.4 Å². The third-order valence-corrected chi connectivity index (χ3v) is 4.74. The summed E-state index contributed by atoms with van der Waals surface area (Å²) in [6.45, 7) is 5.64. The van der Waals surface area contributed by atoms with Crippen molar-refractivity contribution in [3.8, 4) is 0 Å². The first kappa shape index (κ1) is 16.3. The number of esters is 1. The molecule has 3 aliphatic carbocycles. The summed E-state index contributed by atoms with van der Waals surface area (Å²) < 4.78 is 5.43. The van der Waals surface area contributed by atoms with Gasteiger partial charge < -0.3 is 4.74 Å². The van der Waals surface area contributed by atoms with Crippen molar-refractivity contribution in [1.82, 2.24) is 5.06 Å². The Kier molecular flexibility index (Phi) is 4.08. The van der Waals surface area contributed by atoms with Crippen LogP contribution < -0.4 is 0 Å². The van der Waals surface area contributed by atoms with E-state index in [4.69, 9.17) is 9.57 Å². The van der Waals surface area contributed by atoms with E-state index in [1.807, 2.05) is 20.8 Å². The molecule has 0 atom stereocenters. The molecule has 0 aromatic rings. The van der Waals surface area contributed by atoms with Crippen LogP contribution in [0.2, 0.25) is 0 Å². The summed E-state index contributed by atoms with van der Waals surface area (Å²) in [7, 11) is 3.16. The highest BCUT2D eigenvalue weighted by Gasteiger charge is 2.62. The normalized spacial score (nSPS) is 31.3. The van der Waals surface area contributed by atoms with Gasteiger partial charge in [0.25, 0.3) is 5.91 Å². The first-order chi connectivity index (χ1) is 9.61. The van der Waals surface area contributed by atoms with Crippen molar-refractivity contribution in [3.63, 3.8) is 0 Å². The van der Waals surface area contributed by atoms with Crippen LogP contribution in [0.15, 0.2) is 0 Å². The van der Waals surface area contributed by atoms with Gasteiger partial charge in [0.05, 0.1) is 18.9 Å². The Morgan fingerprint density at radius 2 is 1.81 bits per heavy atom. The van der Waals surface area contributed by atoms with Crippen LogP contribution in [-0.2, 0) is 19.2 Å². The maximum absolute atomic E-state index is 12.4. The molecule has 2 bridgehead atoms. The van der Waals surface area contributed by atoms with Gasteiger partial charge in [-0.1, -0.05) is 6.42 Å². The Balaban J connectivity index is 1.99. The number of rotatable bonds is 4. The molecule has 0 N–H and O–H groups in total. The topological polar surface area (TPSA) is 55.8 Å². The van der Waals surface area contributed by atoms with Crippen molar-refractivity contribution < 1.29 is 19.2 Å². The van der Waals surface area contributed by atoms with E-state index >= 15 is 0 Å². The fraction of sp³-hybridized carbons (Fsp3) is 0.875. The van der Waals surface area contributed by atoms with Crippen molar-refractivity contribution in [2.45, 2.75) is 64.9 Å². The minimum absolute atomic E-state index is 0.0369. The van der Waals surface area contributed by atoms with Crippen molar-refractivity contribution in [2.75, 3.05) is 14.2 Å². The number of hydroxylamine groups is 2. The predicted molar refractivity (Wildman–Crippen MR) is 78.2 cm³/mol. The van der Waals surface area contributed by atoms with Crippen LogP contribution in [0, 0.1) is 10.8 Å². The van der Waals surface area contributed by atoms with Crippen molar-refractivity contribution >= 4 is 11.9 Å². The van der Waals surface area contributed by atoms with Crippen LogP contribution in [0.3, 0.4) is 0 Å². The third kappa shape index (κ3) is 3.23. The van der Waals surface area contributed by atoms with Gasteiger partial charge in [-0.15, -0.1) is 0 Å². The molecule has 0 heterocycles. The molecule has 1 amide bonds. The summed E-state index contributed by atoms with van der Waals surface area (Å²) in [5, 5.41) is 1.32. The van der Waals surface area contributed by atoms with E-state index in [0.29, 0.717) is 6.42 Å². The number of ether oxygens (including phenoxy) is 1. The zero-order valence-corrected chi connectivity index (χ0v) is 13.8. The summed E-state index contributed by atoms with van der Waals surface area (Å²) >= 11 is 0. The minimum atomic E-state index is -0.449. The first-order valence-corrected chi connectivity index (χ1v) is 7.66. The lowest BCUT2D eigenvalue weighted by Gasteiger charge is -2.59. The van der Waals surface area contributed by atoms with Crippen LogP contribution in [-0.4, -0.2) is 36.7 Å². The lowest BCUT2D eigenvalue weighted by molar-refractivity contribution is -0.206. The molecule has 3 rings (SSSR count). The molecule has 3 saturated carbocycles. The molecule has 0 saturated heterocycles. The SMILES string of the molecule is CON(C)C(=O)C12CCCC(CC(=O)OC(C)(C)C)(C1)C2. The molecule has 0 aliphatic heterocycles. The number of nitrogens with zero attached hydrogens (tertiary/aromatic N) is 1. The summed E-state index contributed by atoms with van der Waals surface area (Å²) in [6, 6.07) is 0. The first-order valence-electron chi connectivity index (χ1n) is 7.66. The molecule has 5 nitrogen and oxygen atoms in total. The molecule has 120 valence electrons. The average molecular weight is 297 g/mol. The van der Waals surface area contributed by atoms with Crippen molar-refractivity contribution in [2.24, 2.45) is 10.8 Å². The van der Waals surface area contributed by atoms with Crippen LogP contribution >= 0.6 is 0 Å². The Hall–Kier alpha value is -1.10. The van der Waals surface area contributed by atoms with E-state index in [0.717, 1.165) is 32.1 Å². The van der Waals surface area contributed by atoms with Gasteiger partial charge in [0.15, 0.2) is 0 Å². The minimum Gasteiger partial charge on any atom is -0.460 e. The second-order valence-corrected chi connectivity index (χ2v) is 7.74. The summed E-state index contributed by atoms with van der Waals surface area (Å²) in [5.41, 5.74) is -0.800. The molecule has 0 aromatic carbocycles. The third-order valence-electron chi connectivity index (χ3n) is 4.74. The molecular formula is C16H27NO4. The Morgan fingerprint density at radius 1 is 1.19 bits per heavy atom. The van der Waals surface area contributed by atoms with Crippen LogP contribution in [0.4, 0.5) is 0 Å². The molecule has 0 spiro atoms. The summed E-state index contributed by atoms with van der Waals surface area (Å²) in [5.74, 6) is -0.102. The molecular weight excluding hydrogens is 270 g/mol. The highest BCUT2D eigenvalue weighted by atomic mass is 16.7. The van der Waals surface area contributed by atoms with E-state index in [-0.39, 0.29) is 22.7 Å². The molecule has 3 aliphatic rings. The van der Waals surface area contributed by atoms with Gasteiger partial charge in [0.1, 0.15) is 5.60 Å². The number of hydrogen-bond donors (Lipinski definition) is 0. The lowest BCUT2D eigenvalue weighted by atomic mass is 9.44. The molecule has 0 unspecified atom stereocenters. The van der Waals surface area contributed by atoms with Crippen LogP contribution in [0.1, 0.15) is 59.3 Å².